The molecule has 0 saturated carbocycles. The fraction of sp³-hybridized carbons (Fsp3) is 0.667. The van der Waals surface area contributed by atoms with Crippen molar-refractivity contribution < 1.29 is 0 Å². The van der Waals surface area contributed by atoms with Crippen LogP contribution in [0, 0.1) is 0 Å². The van der Waals surface area contributed by atoms with Crippen LogP contribution in [0.1, 0.15) is 12.8 Å². The molecule has 1 rings (SSSR count). The van der Waals surface area contributed by atoms with Crippen LogP contribution in [0.3, 0.4) is 0 Å². The Morgan fingerprint density at radius 2 is 2.38 bits per heavy atom. The first-order chi connectivity index (χ1) is 3.84. The molecule has 0 aromatic carbocycles. The second kappa shape index (κ2) is 2.29. The summed E-state index contributed by atoms with van der Waals surface area (Å²) in [7, 11) is 0. The lowest BCUT2D eigenvalue weighted by Crippen LogP contribution is -2.33. The van der Waals surface area contributed by atoms with Gasteiger partial charge in [-0.15, -0.1) is 0 Å². The summed E-state index contributed by atoms with van der Waals surface area (Å²) in [4.78, 5) is 0. The lowest BCUT2D eigenvalue weighted by Gasteiger charge is -2.19. The molecule has 0 amide bonds. The molecule has 1 aliphatic rings. The van der Waals surface area contributed by atoms with Crippen molar-refractivity contribution in [3.63, 3.8) is 0 Å². The summed E-state index contributed by atoms with van der Waals surface area (Å²) in [6.45, 7) is 0.589. The van der Waals surface area contributed by atoms with Gasteiger partial charge in [0, 0.05) is 12.6 Å². The van der Waals surface area contributed by atoms with Crippen LogP contribution in [-0.4, -0.2) is 12.6 Å². The van der Waals surface area contributed by atoms with Crippen molar-refractivity contribution >= 4 is 0 Å². The molecule has 2 nitrogen and oxygen atoms in total. The molecule has 0 fully saturated rings. The van der Waals surface area contributed by atoms with E-state index in [4.69, 9.17) is 11.5 Å². The Morgan fingerprint density at radius 1 is 1.75 bits per heavy atom. The molecule has 46 valence electrons. The van der Waals surface area contributed by atoms with Crippen molar-refractivity contribution in [3.05, 3.63) is 11.6 Å². The molecule has 0 bridgehead atoms. The summed E-state index contributed by atoms with van der Waals surface area (Å²) in [6.07, 6.45) is 4.53. The summed E-state index contributed by atoms with van der Waals surface area (Å²) < 4.78 is 0. The van der Waals surface area contributed by atoms with Crippen LogP contribution in [0.2, 0.25) is 0 Å². The minimum Gasteiger partial charge on any atom is -0.329 e. The third-order valence-electron chi connectivity index (χ3n) is 1.57. The van der Waals surface area contributed by atoms with E-state index in [-0.39, 0.29) is 6.04 Å². The number of nitrogens with two attached hydrogens (primary N) is 2. The molecular formula is C6H12N2. The topological polar surface area (TPSA) is 52.0 Å². The van der Waals surface area contributed by atoms with E-state index in [2.05, 4.69) is 6.08 Å². The minimum atomic E-state index is 0.142. The average molecular weight is 112 g/mol. The number of hydrogen-bond donors (Lipinski definition) is 2. The summed E-state index contributed by atoms with van der Waals surface area (Å²) in [5.41, 5.74) is 12.2. The molecular weight excluding hydrogens is 100 g/mol. The lowest BCUT2D eigenvalue weighted by atomic mass is 9.93. The van der Waals surface area contributed by atoms with Gasteiger partial charge in [0.1, 0.15) is 0 Å². The molecule has 1 unspecified atom stereocenters. The first-order valence-electron chi connectivity index (χ1n) is 2.99. The Balaban J connectivity index is 2.34. The highest BCUT2D eigenvalue weighted by Gasteiger charge is 2.11. The highest BCUT2D eigenvalue weighted by Crippen LogP contribution is 2.19. The van der Waals surface area contributed by atoms with Gasteiger partial charge >= 0.3 is 0 Å². The van der Waals surface area contributed by atoms with Crippen LogP contribution in [0.25, 0.3) is 0 Å². The second-order valence-electron chi connectivity index (χ2n) is 2.16. The molecule has 0 aromatic rings. The van der Waals surface area contributed by atoms with Crippen LogP contribution in [0.4, 0.5) is 0 Å². The van der Waals surface area contributed by atoms with Gasteiger partial charge in [0.05, 0.1) is 0 Å². The van der Waals surface area contributed by atoms with E-state index in [1.165, 1.54) is 18.4 Å². The monoisotopic (exact) mass is 112 g/mol. The summed E-state index contributed by atoms with van der Waals surface area (Å²) in [6, 6.07) is 0.142. The van der Waals surface area contributed by atoms with Gasteiger partial charge in [-0.2, -0.15) is 0 Å². The van der Waals surface area contributed by atoms with Gasteiger partial charge in [0.2, 0.25) is 0 Å². The normalized spacial score (nSPS) is 21.5. The van der Waals surface area contributed by atoms with E-state index < -0.39 is 0 Å². The Kier molecular flexibility index (Phi) is 1.65. The van der Waals surface area contributed by atoms with Crippen LogP contribution in [0.15, 0.2) is 11.6 Å². The Hall–Kier alpha value is -0.340. The zero-order valence-corrected chi connectivity index (χ0v) is 4.93. The van der Waals surface area contributed by atoms with E-state index in [0.717, 1.165) is 0 Å². The molecule has 0 aromatic heterocycles. The van der Waals surface area contributed by atoms with Crippen molar-refractivity contribution in [3.8, 4) is 0 Å². The van der Waals surface area contributed by atoms with E-state index in [9.17, 15) is 0 Å². The van der Waals surface area contributed by atoms with Crippen LogP contribution in [-0.2, 0) is 0 Å². The molecule has 4 N–H and O–H groups in total. The summed E-state index contributed by atoms with van der Waals surface area (Å²) in [5.74, 6) is 0. The van der Waals surface area contributed by atoms with Crippen LogP contribution < -0.4 is 11.5 Å². The Morgan fingerprint density at radius 3 is 2.50 bits per heavy atom. The predicted molar refractivity (Wildman–Crippen MR) is 34.3 cm³/mol. The fourth-order valence-corrected chi connectivity index (χ4v) is 0.799. The lowest BCUT2D eigenvalue weighted by molar-refractivity contribution is 0.686. The number of allylic oxidation sites excluding steroid dienone is 1. The van der Waals surface area contributed by atoms with E-state index in [0.29, 0.717) is 6.54 Å². The maximum atomic E-state index is 5.58. The van der Waals surface area contributed by atoms with Crippen molar-refractivity contribution in [1.29, 1.82) is 0 Å². The van der Waals surface area contributed by atoms with E-state index in [1.54, 1.807) is 0 Å². The number of rotatable bonds is 2. The molecule has 2 heteroatoms. The molecule has 0 saturated heterocycles. The molecule has 1 atom stereocenters. The van der Waals surface area contributed by atoms with E-state index >= 15 is 0 Å². The van der Waals surface area contributed by atoms with Gasteiger partial charge in [-0.25, -0.2) is 0 Å². The first-order valence-corrected chi connectivity index (χ1v) is 2.99. The second-order valence-corrected chi connectivity index (χ2v) is 2.16. The van der Waals surface area contributed by atoms with Crippen molar-refractivity contribution in [2.75, 3.05) is 6.54 Å². The van der Waals surface area contributed by atoms with Gasteiger partial charge in [-0.3, -0.25) is 0 Å². The van der Waals surface area contributed by atoms with Crippen molar-refractivity contribution in [1.82, 2.24) is 0 Å². The number of hydrogen-bond acceptors (Lipinski definition) is 2. The smallest absolute Gasteiger partial charge is 0.0378 e. The van der Waals surface area contributed by atoms with E-state index in [1.807, 2.05) is 0 Å². The Labute approximate surface area is 49.5 Å². The molecule has 8 heavy (non-hydrogen) atoms. The van der Waals surface area contributed by atoms with Crippen LogP contribution in [0.5, 0.6) is 0 Å². The zero-order chi connectivity index (χ0) is 5.98. The molecule has 1 aliphatic carbocycles. The highest BCUT2D eigenvalue weighted by molar-refractivity contribution is 5.18. The third-order valence-corrected chi connectivity index (χ3v) is 1.57. The fourth-order valence-electron chi connectivity index (χ4n) is 0.799. The third kappa shape index (κ3) is 0.904. The average Bonchev–Trinajstić information content (AvgIpc) is 1.62. The maximum Gasteiger partial charge on any atom is 0.0378 e. The standard InChI is InChI=1S/C6H12N2/c7-4-6(8)5-2-1-3-5/h2,6H,1,3-4,7-8H2. The summed E-state index contributed by atoms with van der Waals surface area (Å²) >= 11 is 0. The maximum absolute atomic E-state index is 5.58. The van der Waals surface area contributed by atoms with Gasteiger partial charge in [-0.1, -0.05) is 11.6 Å². The summed E-state index contributed by atoms with van der Waals surface area (Å²) in [5, 5.41) is 0. The molecule has 0 radical (unpaired) electrons. The molecule has 0 spiro atoms. The van der Waals surface area contributed by atoms with Crippen LogP contribution >= 0.6 is 0 Å². The van der Waals surface area contributed by atoms with Gasteiger partial charge in [-0.05, 0) is 12.8 Å². The van der Waals surface area contributed by atoms with Crippen molar-refractivity contribution in [2.24, 2.45) is 11.5 Å². The highest BCUT2D eigenvalue weighted by atomic mass is 14.7. The first kappa shape index (κ1) is 5.79. The minimum absolute atomic E-state index is 0.142. The van der Waals surface area contributed by atoms with Crippen molar-refractivity contribution in [2.45, 2.75) is 18.9 Å². The van der Waals surface area contributed by atoms with Gasteiger partial charge < -0.3 is 11.5 Å². The SMILES string of the molecule is NCC(N)C1=CCC1. The molecule has 0 aliphatic heterocycles. The Bertz CT molecular complexity index is 107. The predicted octanol–water partition coefficient (Wildman–Crippen LogP) is -0.00740. The van der Waals surface area contributed by atoms with Gasteiger partial charge in [0.15, 0.2) is 0 Å². The van der Waals surface area contributed by atoms with Gasteiger partial charge in [0.25, 0.3) is 0 Å². The zero-order valence-electron chi connectivity index (χ0n) is 4.93. The largest absolute Gasteiger partial charge is 0.329 e. The quantitative estimate of drug-likeness (QED) is 0.494. The molecule has 0 heterocycles.